The first-order chi connectivity index (χ1) is 16.3. The highest BCUT2D eigenvalue weighted by Crippen LogP contribution is 2.30. The first-order valence-corrected chi connectivity index (χ1v) is 11.4. The standard InChI is InChI=1S/C26H21Cl2F3N2O/c27-20-8-11-22(23(28)15-20)24-16-32-25(33-24)14-17-2-4-18(5-3-17)19-6-9-21(10-7-19)34-13-1-12-26(29,30)31/h2-11,15-16H,1,12-14H2,(H,32,33). The Labute approximate surface area is 205 Å². The van der Waals surface area contributed by atoms with Gasteiger partial charge in [-0.1, -0.05) is 59.6 Å². The van der Waals surface area contributed by atoms with Crippen molar-refractivity contribution in [1.29, 1.82) is 0 Å². The average molecular weight is 505 g/mol. The molecule has 0 saturated carbocycles. The molecule has 8 heteroatoms. The molecule has 0 bridgehead atoms. The van der Waals surface area contributed by atoms with E-state index < -0.39 is 12.6 Å². The van der Waals surface area contributed by atoms with Crippen LogP contribution in [0.25, 0.3) is 22.4 Å². The number of nitrogens with one attached hydrogen (secondary N) is 1. The summed E-state index contributed by atoms with van der Waals surface area (Å²) in [6, 6.07) is 20.8. The number of benzene rings is 3. The molecule has 4 aromatic rings. The van der Waals surface area contributed by atoms with Crippen LogP contribution in [0.4, 0.5) is 13.2 Å². The molecular weight excluding hydrogens is 484 g/mol. The molecule has 0 amide bonds. The molecule has 0 saturated heterocycles. The monoisotopic (exact) mass is 504 g/mol. The lowest BCUT2D eigenvalue weighted by Gasteiger charge is -2.09. The van der Waals surface area contributed by atoms with E-state index in [4.69, 9.17) is 27.9 Å². The Hall–Kier alpha value is -2.96. The summed E-state index contributed by atoms with van der Waals surface area (Å²) in [5.74, 6) is 1.37. The fourth-order valence-electron chi connectivity index (χ4n) is 3.51. The van der Waals surface area contributed by atoms with Gasteiger partial charge in [-0.15, -0.1) is 0 Å². The van der Waals surface area contributed by atoms with E-state index in [1.807, 2.05) is 42.5 Å². The maximum atomic E-state index is 12.2. The van der Waals surface area contributed by atoms with Gasteiger partial charge < -0.3 is 9.72 Å². The number of alkyl halides is 3. The second-order valence-corrected chi connectivity index (χ2v) is 8.68. The second kappa shape index (κ2) is 10.5. The molecule has 0 spiro atoms. The number of hydrogen-bond donors (Lipinski definition) is 1. The number of H-pyrrole nitrogens is 1. The Kier molecular flexibility index (Phi) is 7.49. The summed E-state index contributed by atoms with van der Waals surface area (Å²) in [6.07, 6.45) is -2.66. The number of nitrogens with zero attached hydrogens (tertiary/aromatic N) is 1. The maximum Gasteiger partial charge on any atom is 0.389 e. The third-order valence-electron chi connectivity index (χ3n) is 5.24. The SMILES string of the molecule is FC(F)(F)CCCOc1ccc(-c2ccc(Cc3ncc(-c4ccc(Cl)cc4Cl)[nH]3)cc2)cc1. The molecule has 3 aromatic carbocycles. The van der Waals surface area contributed by atoms with Crippen LogP contribution in [0.1, 0.15) is 24.2 Å². The zero-order valence-electron chi connectivity index (χ0n) is 18.0. The van der Waals surface area contributed by atoms with E-state index in [0.717, 1.165) is 33.8 Å². The van der Waals surface area contributed by atoms with Crippen molar-refractivity contribution in [3.8, 4) is 28.1 Å². The molecule has 0 atom stereocenters. The zero-order valence-corrected chi connectivity index (χ0v) is 19.5. The van der Waals surface area contributed by atoms with E-state index in [1.54, 1.807) is 30.5 Å². The topological polar surface area (TPSA) is 37.9 Å². The Bertz CT molecular complexity index is 1240. The van der Waals surface area contributed by atoms with Gasteiger partial charge in [0, 0.05) is 23.4 Å². The molecule has 4 rings (SSSR count). The first-order valence-electron chi connectivity index (χ1n) is 10.6. The van der Waals surface area contributed by atoms with Crippen LogP contribution in [0.3, 0.4) is 0 Å². The Balaban J connectivity index is 1.35. The van der Waals surface area contributed by atoms with E-state index >= 15 is 0 Å². The van der Waals surface area contributed by atoms with Crippen molar-refractivity contribution in [2.45, 2.75) is 25.4 Å². The quantitative estimate of drug-likeness (QED) is 0.244. The third kappa shape index (κ3) is 6.55. The molecule has 0 radical (unpaired) electrons. The summed E-state index contributed by atoms with van der Waals surface area (Å²) in [6.45, 7) is 0.0340. The molecule has 0 fully saturated rings. The molecule has 1 heterocycles. The molecule has 0 aliphatic heterocycles. The van der Waals surface area contributed by atoms with E-state index in [9.17, 15) is 13.2 Å². The van der Waals surface area contributed by atoms with Crippen LogP contribution in [-0.4, -0.2) is 22.8 Å². The molecule has 0 aliphatic carbocycles. The van der Waals surface area contributed by atoms with Crippen molar-refractivity contribution < 1.29 is 17.9 Å². The van der Waals surface area contributed by atoms with Crippen LogP contribution >= 0.6 is 23.2 Å². The van der Waals surface area contributed by atoms with Gasteiger partial charge in [-0.25, -0.2) is 4.98 Å². The molecule has 1 aromatic heterocycles. The van der Waals surface area contributed by atoms with Gasteiger partial charge in [-0.05, 0) is 53.4 Å². The van der Waals surface area contributed by atoms with Crippen molar-refractivity contribution in [3.63, 3.8) is 0 Å². The Morgan fingerprint density at radius 2 is 1.56 bits per heavy atom. The number of aromatic amines is 1. The fourth-order valence-corrected chi connectivity index (χ4v) is 4.02. The molecule has 176 valence electrons. The fraction of sp³-hybridized carbons (Fsp3) is 0.192. The number of ether oxygens (including phenoxy) is 1. The molecule has 34 heavy (non-hydrogen) atoms. The van der Waals surface area contributed by atoms with Crippen LogP contribution in [0.15, 0.2) is 72.9 Å². The molecule has 0 aliphatic rings. The van der Waals surface area contributed by atoms with Crippen molar-refractivity contribution >= 4 is 23.2 Å². The van der Waals surface area contributed by atoms with E-state index in [-0.39, 0.29) is 13.0 Å². The highest BCUT2D eigenvalue weighted by atomic mass is 35.5. The van der Waals surface area contributed by atoms with Gasteiger partial charge in [0.2, 0.25) is 0 Å². The van der Waals surface area contributed by atoms with Gasteiger partial charge in [0.25, 0.3) is 0 Å². The normalized spacial score (nSPS) is 11.6. The summed E-state index contributed by atoms with van der Waals surface area (Å²) < 4.78 is 42.0. The van der Waals surface area contributed by atoms with Crippen LogP contribution in [0.2, 0.25) is 10.0 Å². The second-order valence-electron chi connectivity index (χ2n) is 7.83. The van der Waals surface area contributed by atoms with Crippen LogP contribution in [-0.2, 0) is 6.42 Å². The van der Waals surface area contributed by atoms with Crippen molar-refractivity contribution in [2.24, 2.45) is 0 Å². The minimum atomic E-state index is -4.15. The minimum Gasteiger partial charge on any atom is -0.494 e. The number of rotatable bonds is 8. The summed E-state index contributed by atoms with van der Waals surface area (Å²) in [7, 11) is 0. The smallest absolute Gasteiger partial charge is 0.389 e. The van der Waals surface area contributed by atoms with Gasteiger partial charge in [0.1, 0.15) is 11.6 Å². The van der Waals surface area contributed by atoms with Gasteiger partial charge >= 0.3 is 6.18 Å². The summed E-state index contributed by atoms with van der Waals surface area (Å²) in [5, 5.41) is 1.14. The van der Waals surface area contributed by atoms with E-state index in [1.165, 1.54) is 0 Å². The van der Waals surface area contributed by atoms with Gasteiger partial charge in [-0.3, -0.25) is 0 Å². The van der Waals surface area contributed by atoms with Gasteiger partial charge in [0.15, 0.2) is 0 Å². The minimum absolute atomic E-state index is 0.0340. The number of aromatic nitrogens is 2. The Morgan fingerprint density at radius 3 is 2.21 bits per heavy atom. The van der Waals surface area contributed by atoms with Gasteiger partial charge in [-0.2, -0.15) is 13.2 Å². The van der Waals surface area contributed by atoms with Gasteiger partial charge in [0.05, 0.1) is 23.5 Å². The van der Waals surface area contributed by atoms with E-state index in [0.29, 0.717) is 22.2 Å². The molecule has 3 nitrogen and oxygen atoms in total. The summed E-state index contributed by atoms with van der Waals surface area (Å²) in [4.78, 5) is 7.77. The van der Waals surface area contributed by atoms with Crippen molar-refractivity contribution in [3.05, 3.63) is 94.4 Å². The number of halogens is 5. The van der Waals surface area contributed by atoms with Crippen molar-refractivity contribution in [1.82, 2.24) is 9.97 Å². The predicted molar refractivity (Wildman–Crippen MR) is 130 cm³/mol. The van der Waals surface area contributed by atoms with E-state index in [2.05, 4.69) is 9.97 Å². The average Bonchev–Trinajstić information content (AvgIpc) is 3.25. The Morgan fingerprint density at radius 1 is 0.882 bits per heavy atom. The lowest BCUT2D eigenvalue weighted by molar-refractivity contribution is -0.136. The van der Waals surface area contributed by atoms with Crippen molar-refractivity contribution in [2.75, 3.05) is 6.61 Å². The first kappa shape index (κ1) is 24.2. The lowest BCUT2D eigenvalue weighted by Crippen LogP contribution is -2.09. The summed E-state index contributed by atoms with van der Waals surface area (Å²) >= 11 is 12.3. The number of imidazole rings is 1. The molecule has 0 unspecified atom stereocenters. The van der Waals surface area contributed by atoms with Crippen LogP contribution in [0, 0.1) is 0 Å². The zero-order chi connectivity index (χ0) is 24.1. The molecule has 1 N–H and O–H groups in total. The highest BCUT2D eigenvalue weighted by Gasteiger charge is 2.26. The lowest BCUT2D eigenvalue weighted by atomic mass is 10.0. The van der Waals surface area contributed by atoms with Crippen LogP contribution in [0.5, 0.6) is 5.75 Å². The van der Waals surface area contributed by atoms with Crippen LogP contribution < -0.4 is 4.74 Å². The summed E-state index contributed by atoms with van der Waals surface area (Å²) in [5.41, 5.74) is 4.78. The highest BCUT2D eigenvalue weighted by molar-refractivity contribution is 6.36. The number of hydrogen-bond acceptors (Lipinski definition) is 2. The third-order valence-corrected chi connectivity index (χ3v) is 5.78. The molecular formula is C26H21Cl2F3N2O. The predicted octanol–water partition coefficient (Wildman–Crippen LogP) is 8.36. The maximum absolute atomic E-state index is 12.2. The largest absolute Gasteiger partial charge is 0.494 e.